The van der Waals surface area contributed by atoms with Crippen LogP contribution in [0.2, 0.25) is 0 Å². The largest absolute Gasteiger partial charge is 0.455 e. The first-order chi connectivity index (χ1) is 8.48. The number of halogens is 3. The smallest absolute Gasteiger partial charge is 0.389 e. The van der Waals surface area contributed by atoms with Crippen molar-refractivity contribution in [3.05, 3.63) is 23.7 Å². The lowest BCUT2D eigenvalue weighted by molar-refractivity contribution is -0.134. The van der Waals surface area contributed by atoms with Crippen LogP contribution in [0.15, 0.2) is 21.1 Å². The topological polar surface area (TPSA) is 78.1 Å². The summed E-state index contributed by atoms with van der Waals surface area (Å²) in [6.45, 7) is 0.217. The molecule has 18 heavy (non-hydrogen) atoms. The Morgan fingerprint density at radius 3 is 2.67 bits per heavy atom. The SMILES string of the molecule is NCc1ccc(-c2nc(CCC(F)(F)F)no2)o1. The average Bonchev–Trinajstić information content (AvgIpc) is 2.94. The quantitative estimate of drug-likeness (QED) is 0.913. The standard InChI is InChI=1S/C10H10F3N3O2/c11-10(12,13)4-3-8-15-9(18-16-8)7-2-1-6(5-14)17-7/h1-2H,3-5,14H2. The van der Waals surface area contributed by atoms with Crippen molar-refractivity contribution in [3.63, 3.8) is 0 Å². The minimum absolute atomic E-state index is 0.00646. The molecule has 0 saturated heterocycles. The zero-order valence-corrected chi connectivity index (χ0v) is 9.20. The monoisotopic (exact) mass is 261 g/mol. The summed E-state index contributed by atoms with van der Waals surface area (Å²) in [4.78, 5) is 3.82. The van der Waals surface area contributed by atoms with Crippen LogP contribution in [0.4, 0.5) is 13.2 Å². The number of nitrogens with zero attached hydrogens (tertiary/aromatic N) is 2. The molecule has 0 spiro atoms. The van der Waals surface area contributed by atoms with Crippen LogP contribution in [0.3, 0.4) is 0 Å². The first-order valence-electron chi connectivity index (χ1n) is 5.16. The van der Waals surface area contributed by atoms with Crippen molar-refractivity contribution in [1.29, 1.82) is 0 Å². The molecule has 2 aromatic heterocycles. The van der Waals surface area contributed by atoms with Gasteiger partial charge in [0, 0.05) is 6.42 Å². The van der Waals surface area contributed by atoms with Crippen LogP contribution in [0.1, 0.15) is 18.0 Å². The summed E-state index contributed by atoms with van der Waals surface area (Å²) in [7, 11) is 0. The van der Waals surface area contributed by atoms with E-state index in [1.54, 1.807) is 12.1 Å². The van der Waals surface area contributed by atoms with Crippen LogP contribution in [0.25, 0.3) is 11.7 Å². The van der Waals surface area contributed by atoms with Crippen molar-refractivity contribution in [1.82, 2.24) is 10.1 Å². The van der Waals surface area contributed by atoms with Gasteiger partial charge in [0.25, 0.3) is 5.89 Å². The van der Waals surface area contributed by atoms with Gasteiger partial charge in [-0.15, -0.1) is 0 Å². The van der Waals surface area contributed by atoms with Crippen molar-refractivity contribution in [2.75, 3.05) is 0 Å². The van der Waals surface area contributed by atoms with Gasteiger partial charge < -0.3 is 14.7 Å². The number of aromatic nitrogens is 2. The van der Waals surface area contributed by atoms with E-state index < -0.39 is 12.6 Å². The molecule has 98 valence electrons. The zero-order valence-electron chi connectivity index (χ0n) is 9.20. The van der Waals surface area contributed by atoms with Crippen molar-refractivity contribution < 1.29 is 22.1 Å². The number of rotatable bonds is 4. The van der Waals surface area contributed by atoms with E-state index in [0.717, 1.165) is 0 Å². The van der Waals surface area contributed by atoms with E-state index in [2.05, 4.69) is 10.1 Å². The Balaban J connectivity index is 2.06. The molecule has 0 aliphatic carbocycles. The summed E-state index contributed by atoms with van der Waals surface area (Å²) in [5.41, 5.74) is 5.36. The van der Waals surface area contributed by atoms with E-state index in [9.17, 15) is 13.2 Å². The maximum absolute atomic E-state index is 12.0. The van der Waals surface area contributed by atoms with Gasteiger partial charge in [-0.2, -0.15) is 18.2 Å². The number of hydrogen-bond acceptors (Lipinski definition) is 5. The second kappa shape index (κ2) is 4.81. The van der Waals surface area contributed by atoms with Crippen molar-refractivity contribution in [3.8, 4) is 11.7 Å². The number of alkyl halides is 3. The van der Waals surface area contributed by atoms with Gasteiger partial charge in [-0.3, -0.25) is 0 Å². The number of furan rings is 1. The third-order valence-electron chi connectivity index (χ3n) is 2.17. The summed E-state index contributed by atoms with van der Waals surface area (Å²) in [5, 5.41) is 3.45. The Kier molecular flexibility index (Phi) is 3.37. The van der Waals surface area contributed by atoms with Gasteiger partial charge in [-0.25, -0.2) is 0 Å². The van der Waals surface area contributed by atoms with Gasteiger partial charge in [0.1, 0.15) is 5.76 Å². The molecule has 0 fully saturated rings. The second-order valence-corrected chi connectivity index (χ2v) is 3.60. The second-order valence-electron chi connectivity index (χ2n) is 3.60. The van der Waals surface area contributed by atoms with Crippen LogP contribution in [-0.2, 0) is 13.0 Å². The molecule has 8 heteroatoms. The zero-order chi connectivity index (χ0) is 13.2. The average molecular weight is 261 g/mol. The highest BCUT2D eigenvalue weighted by molar-refractivity contribution is 5.44. The number of nitrogens with two attached hydrogens (primary N) is 1. The third kappa shape index (κ3) is 3.10. The molecule has 2 aromatic rings. The molecule has 0 bridgehead atoms. The highest BCUT2D eigenvalue weighted by Gasteiger charge is 2.27. The Labute approximate surface area is 99.8 Å². The van der Waals surface area contributed by atoms with Gasteiger partial charge in [0.05, 0.1) is 13.0 Å². The lowest BCUT2D eigenvalue weighted by atomic mass is 10.3. The summed E-state index contributed by atoms with van der Waals surface area (Å²) in [6, 6.07) is 3.21. The summed E-state index contributed by atoms with van der Waals surface area (Å²) in [5.74, 6) is 0.862. The molecule has 0 amide bonds. The first kappa shape index (κ1) is 12.6. The Bertz CT molecular complexity index is 518. The van der Waals surface area contributed by atoms with Gasteiger partial charge in [-0.1, -0.05) is 5.16 Å². The number of hydrogen-bond donors (Lipinski definition) is 1. The fraction of sp³-hybridized carbons (Fsp3) is 0.400. The first-order valence-corrected chi connectivity index (χ1v) is 5.16. The Morgan fingerprint density at radius 1 is 1.28 bits per heavy atom. The van der Waals surface area contributed by atoms with E-state index >= 15 is 0 Å². The Hall–Kier alpha value is -1.83. The highest BCUT2D eigenvalue weighted by atomic mass is 19.4. The van der Waals surface area contributed by atoms with Gasteiger partial charge in [0.15, 0.2) is 11.6 Å². The maximum atomic E-state index is 12.0. The molecule has 0 unspecified atom stereocenters. The highest BCUT2D eigenvalue weighted by Crippen LogP contribution is 2.23. The molecular weight excluding hydrogens is 251 g/mol. The summed E-state index contributed by atoms with van der Waals surface area (Å²) < 4.78 is 46.0. The van der Waals surface area contributed by atoms with Crippen LogP contribution >= 0.6 is 0 Å². The predicted molar refractivity (Wildman–Crippen MR) is 54.3 cm³/mol. The van der Waals surface area contributed by atoms with Crippen LogP contribution in [0.5, 0.6) is 0 Å². The van der Waals surface area contributed by atoms with E-state index in [1.807, 2.05) is 0 Å². The minimum atomic E-state index is -4.24. The molecule has 0 aliphatic rings. The molecular formula is C10H10F3N3O2. The lowest BCUT2D eigenvalue weighted by Gasteiger charge is -2.01. The van der Waals surface area contributed by atoms with Crippen LogP contribution in [-0.4, -0.2) is 16.3 Å². The van der Waals surface area contributed by atoms with Gasteiger partial charge >= 0.3 is 6.18 Å². The third-order valence-corrected chi connectivity index (χ3v) is 2.17. The summed E-state index contributed by atoms with van der Waals surface area (Å²) >= 11 is 0. The molecule has 2 rings (SSSR count). The fourth-order valence-corrected chi connectivity index (χ4v) is 1.31. The Morgan fingerprint density at radius 2 is 2.06 bits per heavy atom. The van der Waals surface area contributed by atoms with Crippen molar-refractivity contribution in [2.24, 2.45) is 5.73 Å². The van der Waals surface area contributed by atoms with Crippen LogP contribution in [0, 0.1) is 0 Å². The normalized spacial score (nSPS) is 12.0. The maximum Gasteiger partial charge on any atom is 0.389 e. The van der Waals surface area contributed by atoms with E-state index in [1.165, 1.54) is 0 Å². The summed E-state index contributed by atoms with van der Waals surface area (Å²) in [6.07, 6.45) is -5.55. The minimum Gasteiger partial charge on any atom is -0.455 e. The van der Waals surface area contributed by atoms with Gasteiger partial charge in [-0.05, 0) is 12.1 Å². The molecule has 0 atom stereocenters. The molecule has 0 saturated carbocycles. The lowest BCUT2D eigenvalue weighted by Crippen LogP contribution is -2.09. The van der Waals surface area contributed by atoms with E-state index in [0.29, 0.717) is 11.5 Å². The van der Waals surface area contributed by atoms with E-state index in [4.69, 9.17) is 14.7 Å². The molecule has 0 aliphatic heterocycles. The van der Waals surface area contributed by atoms with Gasteiger partial charge in [0.2, 0.25) is 0 Å². The van der Waals surface area contributed by atoms with E-state index in [-0.39, 0.29) is 24.7 Å². The molecule has 5 nitrogen and oxygen atoms in total. The van der Waals surface area contributed by atoms with Crippen LogP contribution < -0.4 is 5.73 Å². The molecule has 2 N–H and O–H groups in total. The predicted octanol–water partition coefficient (Wildman–Crippen LogP) is 2.28. The molecule has 2 heterocycles. The number of aryl methyl sites for hydroxylation is 1. The van der Waals surface area contributed by atoms with Crippen molar-refractivity contribution in [2.45, 2.75) is 25.6 Å². The fourth-order valence-electron chi connectivity index (χ4n) is 1.31. The van der Waals surface area contributed by atoms with Crippen molar-refractivity contribution >= 4 is 0 Å². The molecule has 0 radical (unpaired) electrons. The molecule has 0 aromatic carbocycles.